The maximum absolute atomic E-state index is 13.6. The molecule has 58 heavy (non-hydrogen) atoms. The van der Waals surface area contributed by atoms with Crippen LogP contribution in [0.15, 0.2) is 136 Å². The second-order valence-electron chi connectivity index (χ2n) is 14.6. The number of nitrogens with two attached hydrogens (primary N) is 1. The zero-order valence-corrected chi connectivity index (χ0v) is 34.3. The summed E-state index contributed by atoms with van der Waals surface area (Å²) in [5, 5.41) is 13.7. The molecular weight excluding hydrogens is 773 g/mol. The van der Waals surface area contributed by atoms with Crippen molar-refractivity contribution < 1.29 is 22.6 Å². The van der Waals surface area contributed by atoms with E-state index in [0.29, 0.717) is 17.7 Å². The zero-order valence-electron chi connectivity index (χ0n) is 32.6. The van der Waals surface area contributed by atoms with Gasteiger partial charge in [-0.05, 0) is 86.7 Å². The number of fused-ring (bicyclic) bond motifs is 1. The molecule has 1 unspecified atom stereocenters. The minimum Gasteiger partial charge on any atom is -0.456 e. The number of nitro benzene ring substituents is 1. The second kappa shape index (κ2) is 17.0. The Morgan fingerprint density at radius 2 is 1.59 bits per heavy atom. The van der Waals surface area contributed by atoms with E-state index < -0.39 is 42.7 Å². The van der Waals surface area contributed by atoms with Gasteiger partial charge in [-0.15, -0.1) is 11.8 Å². The number of anilines is 2. The molecule has 1 aliphatic heterocycles. The van der Waals surface area contributed by atoms with Crippen molar-refractivity contribution in [1.82, 2.24) is 14.5 Å². The van der Waals surface area contributed by atoms with E-state index in [0.717, 1.165) is 65.6 Å². The third-order valence-corrected chi connectivity index (χ3v) is 13.6. The first kappa shape index (κ1) is 40.5. The smallest absolute Gasteiger partial charge is 0.298 e. The van der Waals surface area contributed by atoms with Gasteiger partial charge in [0.2, 0.25) is 0 Å². The molecular formula is C44H46N6O6S2. The summed E-state index contributed by atoms with van der Waals surface area (Å²) in [4.78, 5) is 32.3. The molecule has 14 heteroatoms. The van der Waals surface area contributed by atoms with E-state index in [9.17, 15) is 23.3 Å². The maximum atomic E-state index is 13.6. The molecule has 2 heterocycles. The van der Waals surface area contributed by atoms with E-state index >= 15 is 0 Å². The van der Waals surface area contributed by atoms with Crippen molar-refractivity contribution in [3.63, 3.8) is 0 Å². The minimum absolute atomic E-state index is 0.119. The highest BCUT2D eigenvalue weighted by Crippen LogP contribution is 2.44. The Labute approximate surface area is 342 Å². The molecule has 0 aliphatic carbocycles. The number of carbonyl (C=O) groups is 1. The van der Waals surface area contributed by atoms with Crippen LogP contribution in [0.5, 0.6) is 0 Å². The molecule has 0 saturated carbocycles. The molecule has 0 spiro atoms. The van der Waals surface area contributed by atoms with Crippen LogP contribution in [0.2, 0.25) is 0 Å². The number of hydrogen-bond donors (Lipinski definition) is 2. The molecule has 1 aromatic heterocycles. The van der Waals surface area contributed by atoms with E-state index in [1.165, 1.54) is 29.5 Å². The maximum Gasteiger partial charge on any atom is 0.298 e. The lowest BCUT2D eigenvalue weighted by atomic mass is 9.86. The van der Waals surface area contributed by atoms with Crippen LogP contribution in [0.25, 0.3) is 22.3 Å². The lowest BCUT2D eigenvalue weighted by Gasteiger charge is -2.39. The van der Waals surface area contributed by atoms with E-state index in [-0.39, 0.29) is 5.56 Å². The Morgan fingerprint density at radius 1 is 0.914 bits per heavy atom. The molecule has 1 amide bonds. The number of carbonyl (C=O) groups excluding carboxylic acids is 1. The number of nitro groups is 1. The molecule has 5 aromatic carbocycles. The predicted molar refractivity (Wildman–Crippen MR) is 231 cm³/mol. The number of amides is 1. The number of nitrogens with one attached hydrogen (secondary N) is 1. The fraction of sp³-hybridized carbons (Fsp3) is 0.250. The third-order valence-electron chi connectivity index (χ3n) is 11.0. The van der Waals surface area contributed by atoms with Gasteiger partial charge in [0, 0.05) is 65.6 Å². The molecule has 300 valence electrons. The van der Waals surface area contributed by atoms with Gasteiger partial charge in [0.25, 0.3) is 21.6 Å². The van der Waals surface area contributed by atoms with Crippen molar-refractivity contribution in [1.29, 1.82) is 0 Å². The van der Waals surface area contributed by atoms with Gasteiger partial charge in [0.15, 0.2) is 0 Å². The van der Waals surface area contributed by atoms with Crippen molar-refractivity contribution in [2.45, 2.75) is 35.2 Å². The number of para-hydroxylation sites is 1. The van der Waals surface area contributed by atoms with Gasteiger partial charge < -0.3 is 15.1 Å². The monoisotopic (exact) mass is 818 g/mol. The zero-order chi connectivity index (χ0) is 41.0. The van der Waals surface area contributed by atoms with Gasteiger partial charge in [0.05, 0.1) is 16.0 Å². The van der Waals surface area contributed by atoms with Crippen LogP contribution in [0.4, 0.5) is 17.1 Å². The van der Waals surface area contributed by atoms with E-state index in [4.69, 9.17) is 10.2 Å². The van der Waals surface area contributed by atoms with Gasteiger partial charge in [0.1, 0.15) is 21.9 Å². The summed E-state index contributed by atoms with van der Waals surface area (Å²) in [7, 11) is -0.939. The van der Waals surface area contributed by atoms with Crippen LogP contribution < -0.4 is 15.4 Å². The molecule has 1 aliphatic rings. The van der Waals surface area contributed by atoms with Crippen molar-refractivity contribution in [2.24, 2.45) is 0 Å². The number of hydrogen-bond acceptors (Lipinski definition) is 11. The number of sulfonamides is 1. The highest BCUT2D eigenvalue weighted by atomic mass is 32.2. The summed E-state index contributed by atoms with van der Waals surface area (Å²) in [6.07, 6.45) is 0.480. The van der Waals surface area contributed by atoms with Crippen molar-refractivity contribution in [3.05, 3.63) is 148 Å². The summed E-state index contributed by atoms with van der Waals surface area (Å²) in [6.45, 7) is 5.86. The SMILES string of the molecule is CCC(CSc1ccccc1)(c1ccc(S(=O)(=O)NC(=O)c2ccc(N3CCN(Cc4ccccc4-c4cc5ccccc5o4)CC3)cc2)c(N)c1[N+](=O)[O-])N(C)C. The summed E-state index contributed by atoms with van der Waals surface area (Å²) >= 11 is 1.54. The Bertz CT molecular complexity index is 2500. The number of nitrogen functional groups attached to an aromatic ring is 1. The predicted octanol–water partition coefficient (Wildman–Crippen LogP) is 7.99. The van der Waals surface area contributed by atoms with Crippen LogP contribution in [0.1, 0.15) is 34.8 Å². The van der Waals surface area contributed by atoms with Gasteiger partial charge >= 0.3 is 0 Å². The summed E-state index contributed by atoms with van der Waals surface area (Å²) in [5.41, 5.74) is 8.89. The molecule has 1 saturated heterocycles. The number of rotatable bonds is 14. The molecule has 0 radical (unpaired) electrons. The first-order chi connectivity index (χ1) is 27.9. The Balaban J connectivity index is 1.01. The summed E-state index contributed by atoms with van der Waals surface area (Å²) in [5.74, 6) is 0.414. The second-order valence-corrected chi connectivity index (χ2v) is 17.3. The molecule has 7 rings (SSSR count). The lowest BCUT2D eigenvalue weighted by Crippen LogP contribution is -2.46. The van der Waals surface area contributed by atoms with Crippen LogP contribution in [0, 0.1) is 10.1 Å². The number of piperazine rings is 1. The van der Waals surface area contributed by atoms with Crippen LogP contribution in [-0.4, -0.2) is 75.1 Å². The summed E-state index contributed by atoms with van der Waals surface area (Å²) in [6, 6.07) is 37.5. The molecule has 6 aromatic rings. The normalized spacial score (nSPS) is 14.7. The lowest BCUT2D eigenvalue weighted by molar-refractivity contribution is -0.385. The van der Waals surface area contributed by atoms with Gasteiger partial charge in [-0.2, -0.15) is 0 Å². The number of furan rings is 1. The van der Waals surface area contributed by atoms with Gasteiger partial charge in [-0.25, -0.2) is 13.1 Å². The fourth-order valence-corrected chi connectivity index (χ4v) is 10.1. The number of benzene rings is 5. The van der Waals surface area contributed by atoms with Crippen molar-refractivity contribution in [2.75, 3.05) is 56.7 Å². The first-order valence-corrected chi connectivity index (χ1v) is 21.5. The number of nitrogens with zero attached hydrogens (tertiary/aromatic N) is 4. The van der Waals surface area contributed by atoms with Gasteiger partial charge in [-0.3, -0.25) is 24.7 Å². The molecule has 12 nitrogen and oxygen atoms in total. The van der Waals surface area contributed by atoms with Crippen LogP contribution in [-0.2, 0) is 22.1 Å². The summed E-state index contributed by atoms with van der Waals surface area (Å²) < 4.78 is 35.5. The average molecular weight is 819 g/mol. The third kappa shape index (κ3) is 8.32. The van der Waals surface area contributed by atoms with Crippen molar-refractivity contribution in [3.8, 4) is 11.3 Å². The van der Waals surface area contributed by atoms with Crippen LogP contribution in [0.3, 0.4) is 0 Å². The first-order valence-electron chi connectivity index (χ1n) is 19.0. The van der Waals surface area contributed by atoms with Gasteiger partial charge in [-0.1, -0.05) is 67.6 Å². The number of thioether (sulfide) groups is 1. The van der Waals surface area contributed by atoms with E-state index in [1.54, 1.807) is 24.3 Å². The Morgan fingerprint density at radius 3 is 2.26 bits per heavy atom. The fourth-order valence-electron chi connectivity index (χ4n) is 7.65. The average Bonchev–Trinajstić information content (AvgIpc) is 3.66. The highest BCUT2D eigenvalue weighted by Gasteiger charge is 2.41. The van der Waals surface area contributed by atoms with Crippen LogP contribution >= 0.6 is 11.8 Å². The topological polar surface area (TPSA) is 155 Å². The standard InChI is InChI=1S/C44H46N6O6S2/c1-4-44(47(2)3,30-57-35-14-6-5-7-15-35)37-22-23-40(41(45)42(37)50(52)53)58(54,55)46-43(51)31-18-20-34(21-19-31)49-26-24-48(25-27-49)29-33-13-8-10-16-36(33)39-28-32-12-9-11-17-38(32)56-39/h5-23,28H,4,24-27,29-30,45H2,1-3H3,(H,46,51). The Kier molecular flexibility index (Phi) is 11.9. The van der Waals surface area contributed by atoms with E-state index in [1.807, 2.05) is 92.6 Å². The van der Waals surface area contributed by atoms with E-state index in [2.05, 4.69) is 32.7 Å². The molecule has 3 N–H and O–H groups in total. The largest absolute Gasteiger partial charge is 0.456 e. The molecule has 1 atom stereocenters. The molecule has 0 bridgehead atoms. The quantitative estimate of drug-likeness (QED) is 0.0476. The highest BCUT2D eigenvalue weighted by molar-refractivity contribution is 7.99. The minimum atomic E-state index is -4.60. The molecule has 1 fully saturated rings. The van der Waals surface area contributed by atoms with Crippen molar-refractivity contribution >= 4 is 55.7 Å². The Hall–Kier alpha value is -5.67.